The molecule has 3 aromatic rings. The van der Waals surface area contributed by atoms with Crippen molar-refractivity contribution in [2.75, 3.05) is 44.9 Å². The number of benzene rings is 2. The van der Waals surface area contributed by atoms with Crippen molar-refractivity contribution in [3.05, 3.63) is 48.3 Å². The molecule has 0 atom stereocenters. The van der Waals surface area contributed by atoms with Crippen LogP contribution in [0.4, 0.5) is 10.1 Å². The second kappa shape index (κ2) is 9.13. The summed E-state index contributed by atoms with van der Waals surface area (Å²) in [4.78, 5) is 19.1. The fourth-order valence-electron chi connectivity index (χ4n) is 3.53. The van der Waals surface area contributed by atoms with Gasteiger partial charge < -0.3 is 19.1 Å². The summed E-state index contributed by atoms with van der Waals surface area (Å²) < 4.78 is 32.4. The van der Waals surface area contributed by atoms with Crippen molar-refractivity contribution in [3.63, 3.8) is 0 Å². The van der Waals surface area contributed by atoms with Crippen molar-refractivity contribution < 1.29 is 23.4 Å². The molecule has 1 aliphatic rings. The minimum Gasteiger partial charge on any atom is -0.494 e. The molecule has 2 aromatic carbocycles. The third-order valence-corrected chi connectivity index (χ3v) is 5.02. The highest BCUT2D eigenvalue weighted by molar-refractivity contribution is 5.93. The number of nitrogens with zero attached hydrogens (tertiary/aromatic N) is 3. The molecule has 0 unspecified atom stereocenters. The third-order valence-electron chi connectivity index (χ3n) is 5.02. The number of halogens is 1. The smallest absolute Gasteiger partial charge is 0.304 e. The molecule has 7 nitrogen and oxygen atoms in total. The van der Waals surface area contributed by atoms with Crippen molar-refractivity contribution in [1.82, 2.24) is 9.55 Å². The molecule has 0 saturated carbocycles. The molecule has 2 heterocycles. The standard InChI is InChI=1S/C22H24FN3O4/c1-28-22-24-18-14-17(23)19(25-9-12-29-13-10-25)15-20(18)26(22)21(27)8-5-11-30-16-6-3-2-4-7-16/h2-4,6-7,14-15H,5,8-13H2,1H3. The first kappa shape index (κ1) is 20.2. The lowest BCUT2D eigenvalue weighted by atomic mass is 10.2. The van der Waals surface area contributed by atoms with Crippen LogP contribution >= 0.6 is 0 Å². The summed E-state index contributed by atoms with van der Waals surface area (Å²) in [6.07, 6.45) is 0.785. The van der Waals surface area contributed by atoms with Crippen LogP contribution in [0.25, 0.3) is 11.0 Å². The van der Waals surface area contributed by atoms with Gasteiger partial charge in [0.15, 0.2) is 0 Å². The molecular weight excluding hydrogens is 389 g/mol. The molecule has 1 fully saturated rings. The Bertz CT molecular complexity index is 1020. The highest BCUT2D eigenvalue weighted by Crippen LogP contribution is 2.30. The maximum Gasteiger partial charge on any atom is 0.304 e. The average molecular weight is 413 g/mol. The number of carbonyl (C=O) groups is 1. The van der Waals surface area contributed by atoms with E-state index in [1.165, 1.54) is 17.7 Å². The lowest BCUT2D eigenvalue weighted by Gasteiger charge is -2.29. The van der Waals surface area contributed by atoms with E-state index in [4.69, 9.17) is 14.2 Å². The molecule has 8 heteroatoms. The van der Waals surface area contributed by atoms with Crippen molar-refractivity contribution >= 4 is 22.6 Å². The summed E-state index contributed by atoms with van der Waals surface area (Å²) in [5.41, 5.74) is 1.36. The minimum absolute atomic E-state index is 0.150. The van der Waals surface area contributed by atoms with E-state index in [1.807, 2.05) is 35.2 Å². The van der Waals surface area contributed by atoms with Crippen LogP contribution in [0, 0.1) is 5.82 Å². The van der Waals surface area contributed by atoms with E-state index < -0.39 is 0 Å². The lowest BCUT2D eigenvalue weighted by Crippen LogP contribution is -2.36. The number of carbonyl (C=O) groups excluding carboxylic acids is 1. The highest BCUT2D eigenvalue weighted by Gasteiger charge is 2.22. The Labute approximate surface area is 174 Å². The van der Waals surface area contributed by atoms with Crippen molar-refractivity contribution in [2.45, 2.75) is 12.8 Å². The van der Waals surface area contributed by atoms with E-state index in [2.05, 4.69) is 4.98 Å². The number of ether oxygens (including phenoxy) is 3. The van der Waals surface area contributed by atoms with Crippen LogP contribution in [0.15, 0.2) is 42.5 Å². The number of morpholine rings is 1. The van der Waals surface area contributed by atoms with Gasteiger partial charge >= 0.3 is 6.01 Å². The maximum absolute atomic E-state index is 14.7. The van der Waals surface area contributed by atoms with Gasteiger partial charge in [0.05, 0.1) is 43.7 Å². The van der Waals surface area contributed by atoms with Gasteiger partial charge in [-0.25, -0.2) is 8.96 Å². The molecule has 4 rings (SSSR count). The maximum atomic E-state index is 14.7. The number of rotatable bonds is 7. The van der Waals surface area contributed by atoms with Gasteiger partial charge in [-0.3, -0.25) is 4.79 Å². The summed E-state index contributed by atoms with van der Waals surface area (Å²) in [6.45, 7) is 2.69. The summed E-state index contributed by atoms with van der Waals surface area (Å²) in [6, 6.07) is 12.6. The number of imidazole rings is 1. The van der Waals surface area contributed by atoms with Crippen LogP contribution < -0.4 is 14.4 Å². The van der Waals surface area contributed by atoms with Gasteiger partial charge in [0.25, 0.3) is 0 Å². The van der Waals surface area contributed by atoms with E-state index in [9.17, 15) is 9.18 Å². The highest BCUT2D eigenvalue weighted by atomic mass is 19.1. The van der Waals surface area contributed by atoms with Gasteiger partial charge in [-0.15, -0.1) is 0 Å². The lowest BCUT2D eigenvalue weighted by molar-refractivity contribution is 0.0887. The van der Waals surface area contributed by atoms with Gasteiger partial charge in [-0.2, -0.15) is 4.98 Å². The Kier molecular flexibility index (Phi) is 6.13. The minimum atomic E-state index is -0.375. The van der Waals surface area contributed by atoms with E-state index in [-0.39, 0.29) is 24.2 Å². The molecule has 0 radical (unpaired) electrons. The Morgan fingerprint density at radius 3 is 2.70 bits per heavy atom. The molecular formula is C22H24FN3O4. The van der Waals surface area contributed by atoms with Crippen LogP contribution in [0.3, 0.4) is 0 Å². The molecule has 1 saturated heterocycles. The van der Waals surface area contributed by atoms with E-state index in [1.54, 1.807) is 6.07 Å². The normalized spacial score (nSPS) is 14.1. The first-order valence-corrected chi connectivity index (χ1v) is 9.97. The summed E-state index contributed by atoms with van der Waals surface area (Å²) in [5.74, 6) is 0.215. The van der Waals surface area contributed by atoms with Crippen molar-refractivity contribution in [3.8, 4) is 11.8 Å². The largest absolute Gasteiger partial charge is 0.494 e. The Morgan fingerprint density at radius 1 is 1.20 bits per heavy atom. The van der Waals surface area contributed by atoms with Crippen LogP contribution in [-0.4, -0.2) is 55.5 Å². The number of hydrogen-bond acceptors (Lipinski definition) is 6. The number of aromatic nitrogens is 2. The zero-order valence-electron chi connectivity index (χ0n) is 16.8. The molecule has 0 spiro atoms. The first-order valence-electron chi connectivity index (χ1n) is 9.97. The van der Waals surface area contributed by atoms with Crippen LogP contribution in [0.2, 0.25) is 0 Å². The topological polar surface area (TPSA) is 65.8 Å². The molecule has 0 aliphatic carbocycles. The van der Waals surface area contributed by atoms with Gasteiger partial charge in [0, 0.05) is 25.6 Å². The van der Waals surface area contributed by atoms with Gasteiger partial charge in [0.2, 0.25) is 5.91 Å². The van der Waals surface area contributed by atoms with Crippen LogP contribution in [0.5, 0.6) is 11.8 Å². The number of fused-ring (bicyclic) bond motifs is 1. The van der Waals surface area contributed by atoms with Crippen LogP contribution in [0.1, 0.15) is 17.6 Å². The fourth-order valence-corrected chi connectivity index (χ4v) is 3.53. The third kappa shape index (κ3) is 4.23. The Morgan fingerprint density at radius 2 is 1.97 bits per heavy atom. The molecule has 0 bridgehead atoms. The van der Waals surface area contributed by atoms with Gasteiger partial charge in [0.1, 0.15) is 11.6 Å². The number of para-hydroxylation sites is 1. The zero-order valence-corrected chi connectivity index (χ0v) is 16.8. The van der Waals surface area contributed by atoms with Crippen molar-refractivity contribution in [2.24, 2.45) is 0 Å². The number of hydrogen-bond donors (Lipinski definition) is 0. The number of anilines is 1. The predicted octanol–water partition coefficient (Wildman–Crippen LogP) is 3.52. The zero-order chi connectivity index (χ0) is 20.9. The van der Waals surface area contributed by atoms with Gasteiger partial charge in [-0.1, -0.05) is 18.2 Å². The van der Waals surface area contributed by atoms with Gasteiger partial charge in [-0.05, 0) is 24.6 Å². The molecule has 158 valence electrons. The van der Waals surface area contributed by atoms with Crippen LogP contribution in [-0.2, 0) is 4.74 Å². The molecule has 0 N–H and O–H groups in total. The average Bonchev–Trinajstić information content (AvgIpc) is 3.14. The van der Waals surface area contributed by atoms with Crippen molar-refractivity contribution in [1.29, 1.82) is 0 Å². The Balaban J connectivity index is 1.53. The Hall–Kier alpha value is -3.13. The molecule has 0 amide bonds. The summed E-state index contributed by atoms with van der Waals surface area (Å²) in [5, 5.41) is 0. The monoisotopic (exact) mass is 413 g/mol. The SMILES string of the molecule is COc1nc2cc(F)c(N3CCOCC3)cc2n1C(=O)CCCOc1ccccc1. The second-order valence-electron chi connectivity index (χ2n) is 6.98. The predicted molar refractivity (Wildman–Crippen MR) is 111 cm³/mol. The van der Waals surface area contributed by atoms with E-state index in [0.717, 1.165) is 5.75 Å². The first-order chi connectivity index (χ1) is 14.7. The summed E-state index contributed by atoms with van der Waals surface area (Å²) in [7, 11) is 1.45. The number of methoxy groups -OCH3 is 1. The molecule has 1 aliphatic heterocycles. The second-order valence-corrected chi connectivity index (χ2v) is 6.98. The summed E-state index contributed by atoms with van der Waals surface area (Å²) >= 11 is 0. The fraction of sp³-hybridized carbons (Fsp3) is 0.364. The van der Waals surface area contributed by atoms with E-state index >= 15 is 0 Å². The molecule has 30 heavy (non-hydrogen) atoms. The van der Waals surface area contributed by atoms with E-state index in [0.29, 0.717) is 56.1 Å². The molecule has 1 aromatic heterocycles. The quantitative estimate of drug-likeness (QED) is 0.552.